The lowest BCUT2D eigenvalue weighted by molar-refractivity contribution is -0.149. The fourth-order valence-corrected chi connectivity index (χ4v) is 2.01. The maximum Gasteiger partial charge on any atom is 0.387 e. The molecule has 4 N–H and O–H groups in total. The number of hydrogen-bond donors (Lipinski definition) is 3. The molecule has 0 spiro atoms. The zero-order chi connectivity index (χ0) is 19.7. The zero-order valence-corrected chi connectivity index (χ0v) is 14.3. The first kappa shape index (κ1) is 21.1. The van der Waals surface area contributed by atoms with Crippen LogP contribution in [0.5, 0.6) is 5.75 Å². The average Bonchev–Trinajstić information content (AvgIpc) is 2.52. The first-order valence-electron chi connectivity index (χ1n) is 7.74. The van der Waals surface area contributed by atoms with Gasteiger partial charge in [0.2, 0.25) is 0 Å². The van der Waals surface area contributed by atoms with Crippen molar-refractivity contribution in [3.63, 3.8) is 0 Å². The minimum atomic E-state index is -2.94. The second kappa shape index (κ2) is 10.2. The Balaban J connectivity index is 2.51. The second-order valence-corrected chi connectivity index (χ2v) is 5.75. The van der Waals surface area contributed by atoms with E-state index in [-0.39, 0.29) is 11.7 Å². The van der Waals surface area contributed by atoms with Crippen molar-refractivity contribution in [1.29, 1.82) is 0 Å². The van der Waals surface area contributed by atoms with E-state index in [9.17, 15) is 23.2 Å². The number of anilines is 1. The Labute approximate surface area is 149 Å². The number of amides is 3. The molecule has 1 rings (SSSR count). The van der Waals surface area contributed by atoms with Crippen LogP contribution >= 0.6 is 0 Å². The summed E-state index contributed by atoms with van der Waals surface area (Å²) in [7, 11) is 0. The first-order chi connectivity index (χ1) is 12.2. The summed E-state index contributed by atoms with van der Waals surface area (Å²) >= 11 is 0. The highest BCUT2D eigenvalue weighted by atomic mass is 19.3. The molecule has 0 aliphatic rings. The number of halogens is 2. The molecule has 10 heteroatoms. The highest BCUT2D eigenvalue weighted by molar-refractivity contribution is 5.93. The van der Waals surface area contributed by atoms with E-state index in [4.69, 9.17) is 10.5 Å². The lowest BCUT2D eigenvalue weighted by Gasteiger charge is -2.18. The molecule has 0 aliphatic heterocycles. The molecule has 0 heterocycles. The van der Waals surface area contributed by atoms with E-state index in [0.29, 0.717) is 12.1 Å². The van der Waals surface area contributed by atoms with Crippen LogP contribution in [0.2, 0.25) is 0 Å². The van der Waals surface area contributed by atoms with E-state index in [0.717, 1.165) is 0 Å². The SMILES string of the molecule is CC(C)C[C@@H](NC(N)=O)C(=O)OCC(=O)Nc1ccc(OC(F)F)cc1. The molecule has 0 saturated carbocycles. The van der Waals surface area contributed by atoms with Crippen LogP contribution < -0.4 is 21.1 Å². The Hall–Kier alpha value is -2.91. The summed E-state index contributed by atoms with van der Waals surface area (Å²) in [6.07, 6.45) is 0.301. The summed E-state index contributed by atoms with van der Waals surface area (Å²) in [5.41, 5.74) is 5.32. The summed E-state index contributed by atoms with van der Waals surface area (Å²) in [6.45, 7) is 0.166. The normalized spacial score (nSPS) is 11.8. The van der Waals surface area contributed by atoms with E-state index in [1.165, 1.54) is 24.3 Å². The van der Waals surface area contributed by atoms with Crippen LogP contribution in [0.25, 0.3) is 0 Å². The van der Waals surface area contributed by atoms with E-state index in [1.807, 2.05) is 13.8 Å². The van der Waals surface area contributed by atoms with Crippen molar-refractivity contribution in [3.05, 3.63) is 24.3 Å². The van der Waals surface area contributed by atoms with Crippen LogP contribution in [0.15, 0.2) is 24.3 Å². The van der Waals surface area contributed by atoms with Crippen LogP contribution in [0.1, 0.15) is 20.3 Å². The van der Waals surface area contributed by atoms with Gasteiger partial charge in [-0.15, -0.1) is 0 Å². The van der Waals surface area contributed by atoms with Gasteiger partial charge in [-0.05, 0) is 36.6 Å². The minimum Gasteiger partial charge on any atom is -0.454 e. The number of carbonyl (C=O) groups is 3. The van der Waals surface area contributed by atoms with Gasteiger partial charge in [-0.2, -0.15) is 8.78 Å². The lowest BCUT2D eigenvalue weighted by atomic mass is 10.0. The average molecular weight is 373 g/mol. The Morgan fingerprint density at radius 2 is 1.77 bits per heavy atom. The van der Waals surface area contributed by atoms with Gasteiger partial charge in [0.1, 0.15) is 11.8 Å². The number of rotatable bonds is 9. The molecule has 0 radical (unpaired) electrons. The summed E-state index contributed by atoms with van der Waals surface area (Å²) in [5, 5.41) is 4.69. The van der Waals surface area contributed by atoms with Crippen molar-refractivity contribution in [2.75, 3.05) is 11.9 Å². The molecular weight excluding hydrogens is 352 g/mol. The third-order valence-electron chi connectivity index (χ3n) is 3.02. The van der Waals surface area contributed by atoms with Gasteiger partial charge in [-0.1, -0.05) is 13.8 Å². The molecule has 0 saturated heterocycles. The molecule has 0 bridgehead atoms. The molecule has 1 aromatic rings. The van der Waals surface area contributed by atoms with Crippen LogP contribution in [0, 0.1) is 5.92 Å². The number of primary amides is 1. The zero-order valence-electron chi connectivity index (χ0n) is 14.3. The van der Waals surface area contributed by atoms with E-state index in [2.05, 4.69) is 15.4 Å². The highest BCUT2D eigenvalue weighted by Gasteiger charge is 2.23. The van der Waals surface area contributed by atoms with E-state index >= 15 is 0 Å². The van der Waals surface area contributed by atoms with Crippen molar-refractivity contribution in [3.8, 4) is 5.75 Å². The maximum atomic E-state index is 12.1. The van der Waals surface area contributed by atoms with Gasteiger partial charge < -0.3 is 25.8 Å². The molecule has 3 amide bonds. The smallest absolute Gasteiger partial charge is 0.387 e. The standard InChI is InChI=1S/C16H21F2N3O5/c1-9(2)7-12(21-16(19)24)14(23)25-8-13(22)20-10-3-5-11(6-4-10)26-15(17)18/h3-6,9,12,15H,7-8H2,1-2H3,(H,20,22)(H3,19,21,24)/t12-/m1/s1. The van der Waals surface area contributed by atoms with Crippen molar-refractivity contribution in [1.82, 2.24) is 5.32 Å². The monoisotopic (exact) mass is 373 g/mol. The van der Waals surface area contributed by atoms with Crippen molar-refractivity contribution < 1.29 is 32.6 Å². The number of urea groups is 1. The van der Waals surface area contributed by atoms with Crippen molar-refractivity contribution in [2.45, 2.75) is 32.9 Å². The summed E-state index contributed by atoms with van der Waals surface area (Å²) in [5.74, 6) is -1.39. The summed E-state index contributed by atoms with van der Waals surface area (Å²) in [6, 6.07) is 3.39. The third kappa shape index (κ3) is 8.27. The molecule has 0 aromatic heterocycles. The van der Waals surface area contributed by atoms with Crippen LogP contribution in [0.4, 0.5) is 19.3 Å². The summed E-state index contributed by atoms with van der Waals surface area (Å²) in [4.78, 5) is 34.7. The maximum absolute atomic E-state index is 12.1. The Bertz CT molecular complexity index is 623. The fraction of sp³-hybridized carbons (Fsp3) is 0.438. The van der Waals surface area contributed by atoms with Gasteiger partial charge in [0, 0.05) is 5.69 Å². The minimum absolute atomic E-state index is 0.0570. The number of alkyl halides is 2. The third-order valence-corrected chi connectivity index (χ3v) is 3.02. The quantitative estimate of drug-likeness (QED) is 0.571. The predicted molar refractivity (Wildman–Crippen MR) is 88.6 cm³/mol. The van der Waals surface area contributed by atoms with Gasteiger partial charge in [0.15, 0.2) is 6.61 Å². The molecule has 8 nitrogen and oxygen atoms in total. The van der Waals surface area contributed by atoms with Crippen LogP contribution in [-0.2, 0) is 14.3 Å². The molecule has 0 aliphatic carbocycles. The Morgan fingerprint density at radius 3 is 2.27 bits per heavy atom. The number of carbonyl (C=O) groups excluding carboxylic acids is 3. The first-order valence-corrected chi connectivity index (χ1v) is 7.74. The highest BCUT2D eigenvalue weighted by Crippen LogP contribution is 2.17. The second-order valence-electron chi connectivity index (χ2n) is 5.75. The molecule has 1 atom stereocenters. The number of hydrogen-bond acceptors (Lipinski definition) is 5. The van der Waals surface area contributed by atoms with Gasteiger partial charge in [0.25, 0.3) is 5.91 Å². The number of nitrogens with one attached hydrogen (secondary N) is 2. The van der Waals surface area contributed by atoms with Crippen LogP contribution in [0.3, 0.4) is 0 Å². The van der Waals surface area contributed by atoms with Gasteiger partial charge in [-0.3, -0.25) is 4.79 Å². The van der Waals surface area contributed by atoms with Crippen molar-refractivity contribution >= 4 is 23.6 Å². The predicted octanol–water partition coefficient (Wildman–Crippen LogP) is 1.85. The number of esters is 1. The number of ether oxygens (including phenoxy) is 2. The molecule has 0 unspecified atom stereocenters. The van der Waals surface area contributed by atoms with Gasteiger partial charge in [-0.25, -0.2) is 9.59 Å². The lowest BCUT2D eigenvalue weighted by Crippen LogP contribution is -2.45. The molecular formula is C16H21F2N3O5. The van der Waals surface area contributed by atoms with Gasteiger partial charge in [0.05, 0.1) is 0 Å². The van der Waals surface area contributed by atoms with Gasteiger partial charge >= 0.3 is 18.6 Å². The van der Waals surface area contributed by atoms with Crippen molar-refractivity contribution in [2.24, 2.45) is 11.7 Å². The van der Waals surface area contributed by atoms with E-state index < -0.39 is 37.2 Å². The largest absolute Gasteiger partial charge is 0.454 e. The van der Waals surface area contributed by atoms with Crippen LogP contribution in [-0.4, -0.2) is 37.2 Å². The Morgan fingerprint density at radius 1 is 1.15 bits per heavy atom. The molecule has 0 fully saturated rings. The number of nitrogens with two attached hydrogens (primary N) is 1. The summed E-state index contributed by atoms with van der Waals surface area (Å²) < 4.78 is 33.2. The number of benzene rings is 1. The molecule has 144 valence electrons. The molecule has 26 heavy (non-hydrogen) atoms. The topological polar surface area (TPSA) is 120 Å². The fourth-order valence-electron chi connectivity index (χ4n) is 2.01. The molecule has 1 aromatic carbocycles. The Kier molecular flexibility index (Phi) is 8.26. The van der Waals surface area contributed by atoms with E-state index in [1.54, 1.807) is 0 Å².